The van der Waals surface area contributed by atoms with E-state index in [4.69, 9.17) is 4.74 Å². The Balaban J connectivity index is 1.62. The Morgan fingerprint density at radius 2 is 1.29 bits per heavy atom. The summed E-state index contributed by atoms with van der Waals surface area (Å²) >= 11 is 0. The number of hydrogen-bond acceptors (Lipinski definition) is 4. The van der Waals surface area contributed by atoms with Gasteiger partial charge in [0, 0.05) is 11.4 Å². The van der Waals surface area contributed by atoms with Crippen LogP contribution < -0.4 is 14.5 Å². The zero-order valence-corrected chi connectivity index (χ0v) is 18.7. The lowest BCUT2D eigenvalue weighted by Crippen LogP contribution is -2.69. The highest BCUT2D eigenvalue weighted by atomic mass is 19.1. The molecule has 7 nitrogen and oxygen atoms in total. The molecule has 2 atom stereocenters. The maximum atomic E-state index is 13.9. The van der Waals surface area contributed by atoms with E-state index in [1.54, 1.807) is 24.3 Å². The number of carbonyl (C=O) groups excluding carboxylic acids is 3. The summed E-state index contributed by atoms with van der Waals surface area (Å²) in [6, 6.07) is 15.5. The van der Waals surface area contributed by atoms with Gasteiger partial charge in [-0.15, -0.1) is 0 Å². The molecular formula is C26H21F2N3O4. The van der Waals surface area contributed by atoms with Crippen molar-refractivity contribution in [1.29, 1.82) is 0 Å². The van der Waals surface area contributed by atoms with Crippen molar-refractivity contribution in [1.82, 2.24) is 4.90 Å². The summed E-state index contributed by atoms with van der Waals surface area (Å²) in [6.45, 7) is -0.525. The lowest BCUT2D eigenvalue weighted by Gasteiger charge is -2.50. The van der Waals surface area contributed by atoms with Gasteiger partial charge >= 0.3 is 0 Å². The minimum atomic E-state index is -1.06. The van der Waals surface area contributed by atoms with Crippen LogP contribution in [0.4, 0.5) is 20.2 Å². The number of piperazine rings is 2. The van der Waals surface area contributed by atoms with Crippen LogP contribution >= 0.6 is 0 Å². The van der Waals surface area contributed by atoms with Gasteiger partial charge < -0.3 is 19.4 Å². The van der Waals surface area contributed by atoms with Crippen molar-refractivity contribution in [3.8, 4) is 5.75 Å². The van der Waals surface area contributed by atoms with Crippen molar-refractivity contribution in [2.45, 2.75) is 12.1 Å². The van der Waals surface area contributed by atoms with Gasteiger partial charge in [0.2, 0.25) is 11.8 Å². The molecule has 2 aliphatic heterocycles. The fraction of sp³-hybridized carbons (Fsp3) is 0.192. The Kier molecular flexibility index (Phi) is 5.68. The second-order valence-electron chi connectivity index (χ2n) is 8.33. The molecule has 178 valence electrons. The van der Waals surface area contributed by atoms with E-state index >= 15 is 0 Å². The van der Waals surface area contributed by atoms with Crippen LogP contribution in [0.1, 0.15) is 11.6 Å². The molecule has 0 unspecified atom stereocenters. The number of hydrogen-bond donors (Lipinski definition) is 0. The summed E-state index contributed by atoms with van der Waals surface area (Å²) < 4.78 is 32.5. The van der Waals surface area contributed by atoms with Crippen molar-refractivity contribution in [3.05, 3.63) is 90.0 Å². The molecule has 2 saturated heterocycles. The number of benzene rings is 3. The summed E-state index contributed by atoms with van der Waals surface area (Å²) in [5, 5.41) is 0. The van der Waals surface area contributed by atoms with Crippen LogP contribution in [0.25, 0.3) is 0 Å². The molecule has 0 spiro atoms. The first kappa shape index (κ1) is 22.5. The summed E-state index contributed by atoms with van der Waals surface area (Å²) in [5.41, 5.74) is 1.34. The van der Waals surface area contributed by atoms with Gasteiger partial charge in [-0.1, -0.05) is 12.1 Å². The highest BCUT2D eigenvalue weighted by Crippen LogP contribution is 2.39. The Labute approximate surface area is 200 Å². The summed E-state index contributed by atoms with van der Waals surface area (Å²) in [6.07, 6.45) is 0. The Morgan fingerprint density at radius 3 is 1.89 bits per heavy atom. The SMILES string of the molecule is COc1ccc(N2CC(=O)N3CC(=O)N(c4ccc(F)cc4)[C@@H](c4ccc(F)cc4)[C@H]3C2=O)cc1. The maximum absolute atomic E-state index is 13.9. The van der Waals surface area contributed by atoms with Crippen LogP contribution in [0.3, 0.4) is 0 Å². The second-order valence-corrected chi connectivity index (χ2v) is 8.33. The van der Waals surface area contributed by atoms with Crippen molar-refractivity contribution < 1.29 is 27.9 Å². The fourth-order valence-electron chi connectivity index (χ4n) is 4.64. The van der Waals surface area contributed by atoms with Gasteiger partial charge in [0.05, 0.1) is 13.2 Å². The summed E-state index contributed by atoms with van der Waals surface area (Å²) in [7, 11) is 1.53. The average molecular weight is 477 g/mol. The Morgan fingerprint density at radius 1 is 0.714 bits per heavy atom. The third-order valence-corrected chi connectivity index (χ3v) is 6.32. The van der Waals surface area contributed by atoms with E-state index in [-0.39, 0.29) is 24.9 Å². The second kappa shape index (κ2) is 8.83. The van der Waals surface area contributed by atoms with E-state index in [9.17, 15) is 23.2 Å². The molecule has 2 fully saturated rings. The Bertz CT molecular complexity index is 1280. The molecule has 3 aromatic carbocycles. The highest BCUT2D eigenvalue weighted by Gasteiger charge is 2.52. The fourth-order valence-corrected chi connectivity index (χ4v) is 4.64. The molecule has 0 aromatic heterocycles. The number of rotatable bonds is 4. The average Bonchev–Trinajstić information content (AvgIpc) is 2.87. The molecule has 2 heterocycles. The van der Waals surface area contributed by atoms with Crippen LogP contribution in [0.2, 0.25) is 0 Å². The van der Waals surface area contributed by atoms with Gasteiger partial charge in [-0.05, 0) is 66.2 Å². The first-order valence-corrected chi connectivity index (χ1v) is 11.0. The molecule has 5 rings (SSSR count). The number of fused-ring (bicyclic) bond motifs is 1. The molecule has 0 bridgehead atoms. The molecule has 2 aliphatic rings. The molecule has 0 N–H and O–H groups in total. The zero-order valence-electron chi connectivity index (χ0n) is 18.7. The van der Waals surface area contributed by atoms with Gasteiger partial charge in [0.1, 0.15) is 36.5 Å². The molecular weight excluding hydrogens is 456 g/mol. The number of carbonyl (C=O) groups is 3. The minimum absolute atomic E-state index is 0.221. The number of nitrogens with zero attached hydrogens (tertiary/aromatic N) is 3. The molecule has 3 amide bonds. The van der Waals surface area contributed by atoms with Crippen LogP contribution in [0.5, 0.6) is 5.75 Å². The molecule has 0 radical (unpaired) electrons. The quantitative estimate of drug-likeness (QED) is 0.578. The number of anilines is 2. The standard InChI is InChI=1S/C26H21F2N3O4/c1-35-21-12-10-19(11-13-21)29-14-22(32)30-15-23(33)31(20-8-6-18(28)7-9-20)24(25(30)26(29)34)16-2-4-17(27)5-3-16/h2-13,24-25H,14-15H2,1H3/t24-,25-/m0/s1. The third-order valence-electron chi connectivity index (χ3n) is 6.32. The minimum Gasteiger partial charge on any atom is -0.497 e. The van der Waals surface area contributed by atoms with E-state index in [0.29, 0.717) is 22.7 Å². The van der Waals surface area contributed by atoms with E-state index in [2.05, 4.69) is 0 Å². The van der Waals surface area contributed by atoms with Crippen LogP contribution in [0.15, 0.2) is 72.8 Å². The predicted molar refractivity (Wildman–Crippen MR) is 124 cm³/mol. The number of amides is 3. The van der Waals surface area contributed by atoms with E-state index < -0.39 is 29.6 Å². The van der Waals surface area contributed by atoms with Crippen molar-refractivity contribution in [3.63, 3.8) is 0 Å². The van der Waals surface area contributed by atoms with Crippen LogP contribution in [0, 0.1) is 11.6 Å². The van der Waals surface area contributed by atoms with Crippen molar-refractivity contribution in [2.24, 2.45) is 0 Å². The van der Waals surface area contributed by atoms with Gasteiger partial charge in [0.25, 0.3) is 5.91 Å². The summed E-state index contributed by atoms with van der Waals surface area (Å²) in [4.78, 5) is 44.4. The lowest BCUT2D eigenvalue weighted by atomic mass is 9.90. The zero-order chi connectivity index (χ0) is 24.7. The molecule has 0 aliphatic carbocycles. The van der Waals surface area contributed by atoms with Crippen LogP contribution in [-0.2, 0) is 14.4 Å². The van der Waals surface area contributed by atoms with Gasteiger partial charge in [-0.2, -0.15) is 0 Å². The first-order chi connectivity index (χ1) is 16.9. The van der Waals surface area contributed by atoms with Gasteiger partial charge in [-0.3, -0.25) is 14.4 Å². The van der Waals surface area contributed by atoms with Crippen LogP contribution in [-0.4, -0.2) is 48.9 Å². The largest absolute Gasteiger partial charge is 0.497 e. The summed E-state index contributed by atoms with van der Waals surface area (Å²) in [5.74, 6) is -1.56. The third kappa shape index (κ3) is 3.99. The molecule has 35 heavy (non-hydrogen) atoms. The monoisotopic (exact) mass is 477 g/mol. The first-order valence-electron chi connectivity index (χ1n) is 11.0. The number of halogens is 2. The molecule has 3 aromatic rings. The topological polar surface area (TPSA) is 70.2 Å². The Hall–Kier alpha value is -4.27. The normalized spacial score (nSPS) is 20.2. The molecule has 9 heteroatoms. The number of methoxy groups -OCH3 is 1. The van der Waals surface area contributed by atoms with Gasteiger partial charge in [0.15, 0.2) is 0 Å². The van der Waals surface area contributed by atoms with E-state index in [1.807, 2.05) is 0 Å². The predicted octanol–water partition coefficient (Wildman–Crippen LogP) is 3.31. The van der Waals surface area contributed by atoms with Crippen molar-refractivity contribution >= 4 is 29.1 Å². The molecule has 0 saturated carbocycles. The lowest BCUT2D eigenvalue weighted by molar-refractivity contribution is -0.149. The van der Waals surface area contributed by atoms with E-state index in [0.717, 1.165) is 0 Å². The van der Waals surface area contributed by atoms with Gasteiger partial charge in [-0.25, -0.2) is 8.78 Å². The van der Waals surface area contributed by atoms with Crippen molar-refractivity contribution in [2.75, 3.05) is 30.0 Å². The smallest absolute Gasteiger partial charge is 0.252 e. The highest BCUT2D eigenvalue weighted by molar-refractivity contribution is 6.11. The maximum Gasteiger partial charge on any atom is 0.252 e. The number of ether oxygens (including phenoxy) is 1. The van der Waals surface area contributed by atoms with E-state index in [1.165, 1.54) is 70.3 Å².